The molecule has 2 heterocycles. The van der Waals surface area contributed by atoms with Crippen molar-refractivity contribution in [3.05, 3.63) is 76.1 Å². The summed E-state index contributed by atoms with van der Waals surface area (Å²) < 4.78 is 28.5. The van der Waals surface area contributed by atoms with E-state index in [4.69, 9.17) is 13.9 Å². The lowest BCUT2D eigenvalue weighted by Crippen LogP contribution is -2.28. The molecule has 0 aliphatic heterocycles. The molecular formula is C19H16FNO5S. The van der Waals surface area contributed by atoms with Gasteiger partial charge in [-0.05, 0) is 47.8 Å². The van der Waals surface area contributed by atoms with E-state index in [0.29, 0.717) is 18.1 Å². The number of ether oxygens (including phenoxy) is 2. The number of hydrogen-bond donors (Lipinski definition) is 1. The molecule has 6 nitrogen and oxygen atoms in total. The largest absolute Gasteiger partial charge is 0.486 e. The Morgan fingerprint density at radius 3 is 2.67 bits per heavy atom. The minimum atomic E-state index is -0.741. The lowest BCUT2D eigenvalue weighted by atomic mass is 10.3. The van der Waals surface area contributed by atoms with Crippen LogP contribution in [-0.2, 0) is 22.7 Å². The molecule has 1 N–H and O–H groups in total. The molecular weight excluding hydrogens is 373 g/mol. The van der Waals surface area contributed by atoms with E-state index < -0.39 is 18.5 Å². The number of benzene rings is 1. The molecule has 0 fully saturated rings. The van der Waals surface area contributed by atoms with E-state index in [0.717, 1.165) is 4.88 Å². The molecule has 27 heavy (non-hydrogen) atoms. The first-order valence-electron chi connectivity index (χ1n) is 8.03. The minimum Gasteiger partial charge on any atom is -0.486 e. The van der Waals surface area contributed by atoms with Gasteiger partial charge in [0.15, 0.2) is 6.61 Å². The normalized spacial score (nSPS) is 10.4. The van der Waals surface area contributed by atoms with Gasteiger partial charge >= 0.3 is 5.97 Å². The van der Waals surface area contributed by atoms with Crippen LogP contribution < -0.4 is 10.1 Å². The van der Waals surface area contributed by atoms with Gasteiger partial charge in [0.05, 0.1) is 6.54 Å². The van der Waals surface area contributed by atoms with Gasteiger partial charge in [-0.3, -0.25) is 4.79 Å². The number of hydrogen-bond acceptors (Lipinski definition) is 6. The summed E-state index contributed by atoms with van der Waals surface area (Å²) >= 11 is 1.52. The fourth-order valence-corrected chi connectivity index (χ4v) is 2.75. The predicted octanol–water partition coefficient (Wildman–Crippen LogP) is 3.53. The highest BCUT2D eigenvalue weighted by molar-refractivity contribution is 7.09. The highest BCUT2D eigenvalue weighted by Gasteiger charge is 2.15. The Balaban J connectivity index is 1.42. The van der Waals surface area contributed by atoms with Crippen LogP contribution in [0, 0.1) is 5.82 Å². The van der Waals surface area contributed by atoms with Gasteiger partial charge in [0.2, 0.25) is 5.76 Å². The minimum absolute atomic E-state index is 0.0289. The Bertz CT molecular complexity index is 889. The molecule has 0 aliphatic carbocycles. The van der Waals surface area contributed by atoms with Crippen LogP contribution in [0.1, 0.15) is 21.2 Å². The maximum absolute atomic E-state index is 12.8. The molecule has 0 saturated carbocycles. The van der Waals surface area contributed by atoms with E-state index in [1.807, 2.05) is 17.5 Å². The molecule has 1 aromatic carbocycles. The number of esters is 1. The van der Waals surface area contributed by atoms with Crippen molar-refractivity contribution in [1.82, 2.24) is 5.32 Å². The number of carbonyl (C=O) groups excluding carboxylic acids is 2. The molecule has 3 aromatic rings. The van der Waals surface area contributed by atoms with Crippen molar-refractivity contribution in [2.45, 2.75) is 13.2 Å². The number of thiophene rings is 1. The topological polar surface area (TPSA) is 77.8 Å². The molecule has 0 radical (unpaired) electrons. The van der Waals surface area contributed by atoms with Gasteiger partial charge in [-0.2, -0.15) is 0 Å². The van der Waals surface area contributed by atoms with Crippen molar-refractivity contribution in [2.75, 3.05) is 6.61 Å². The lowest BCUT2D eigenvalue weighted by Gasteiger charge is -2.05. The van der Waals surface area contributed by atoms with Crippen molar-refractivity contribution in [3.8, 4) is 5.75 Å². The second-order valence-electron chi connectivity index (χ2n) is 5.44. The fraction of sp³-hybridized carbons (Fsp3) is 0.158. The first-order chi connectivity index (χ1) is 13.1. The Morgan fingerprint density at radius 2 is 1.93 bits per heavy atom. The van der Waals surface area contributed by atoms with Gasteiger partial charge in [0.1, 0.15) is 23.9 Å². The zero-order valence-corrected chi connectivity index (χ0v) is 15.0. The van der Waals surface area contributed by atoms with Gasteiger partial charge in [-0.25, -0.2) is 9.18 Å². The molecule has 1 amide bonds. The maximum Gasteiger partial charge on any atom is 0.374 e. The Morgan fingerprint density at radius 1 is 1.11 bits per heavy atom. The standard InChI is InChI=1S/C19H16FNO5S/c20-13-3-5-14(6-4-13)24-11-15-7-8-17(26-15)19(23)25-12-18(22)21-10-16-2-1-9-27-16/h1-9H,10-12H2,(H,21,22). The van der Waals surface area contributed by atoms with Crippen molar-refractivity contribution < 1.29 is 27.9 Å². The smallest absolute Gasteiger partial charge is 0.374 e. The molecule has 0 aliphatic rings. The average molecular weight is 389 g/mol. The van der Waals surface area contributed by atoms with Gasteiger partial charge in [-0.15, -0.1) is 11.3 Å². The molecule has 3 rings (SSSR count). The summed E-state index contributed by atoms with van der Waals surface area (Å²) in [6.07, 6.45) is 0. The van der Waals surface area contributed by atoms with Crippen molar-refractivity contribution >= 4 is 23.2 Å². The van der Waals surface area contributed by atoms with Crippen LogP contribution in [0.3, 0.4) is 0 Å². The molecule has 8 heteroatoms. The van der Waals surface area contributed by atoms with Gasteiger partial charge in [0.25, 0.3) is 5.91 Å². The van der Waals surface area contributed by atoms with E-state index >= 15 is 0 Å². The first-order valence-corrected chi connectivity index (χ1v) is 8.91. The number of nitrogens with one attached hydrogen (secondary N) is 1. The summed E-state index contributed by atoms with van der Waals surface area (Å²) in [7, 11) is 0. The molecule has 2 aromatic heterocycles. The summed E-state index contributed by atoms with van der Waals surface area (Å²) in [6, 6.07) is 12.3. The third-order valence-corrected chi connectivity index (χ3v) is 4.31. The van der Waals surface area contributed by atoms with E-state index in [2.05, 4.69) is 5.32 Å². The third kappa shape index (κ3) is 5.68. The maximum atomic E-state index is 12.8. The zero-order chi connectivity index (χ0) is 19.1. The highest BCUT2D eigenvalue weighted by Crippen LogP contribution is 2.15. The predicted molar refractivity (Wildman–Crippen MR) is 95.9 cm³/mol. The number of furan rings is 1. The molecule has 140 valence electrons. The summed E-state index contributed by atoms with van der Waals surface area (Å²) in [5, 5.41) is 4.57. The SMILES string of the molecule is O=C(COC(=O)c1ccc(COc2ccc(F)cc2)o1)NCc1cccs1. The summed E-state index contributed by atoms with van der Waals surface area (Å²) in [4.78, 5) is 24.6. The van der Waals surface area contributed by atoms with Gasteiger partial charge in [-0.1, -0.05) is 6.07 Å². The molecule has 0 bridgehead atoms. The summed E-state index contributed by atoms with van der Waals surface area (Å²) in [5.41, 5.74) is 0. The van der Waals surface area contributed by atoms with Crippen molar-refractivity contribution in [2.24, 2.45) is 0 Å². The summed E-state index contributed by atoms with van der Waals surface area (Å²) in [6.45, 7) is 0.0617. The van der Waals surface area contributed by atoms with Crippen LogP contribution >= 0.6 is 11.3 Å². The molecule has 0 unspecified atom stereocenters. The molecule has 0 saturated heterocycles. The summed E-state index contributed by atoms with van der Waals surface area (Å²) in [5.74, 6) is -0.659. The van der Waals surface area contributed by atoms with E-state index in [-0.39, 0.29) is 18.2 Å². The Labute approximate surface area is 158 Å². The van der Waals surface area contributed by atoms with Crippen molar-refractivity contribution in [1.29, 1.82) is 0 Å². The van der Waals surface area contributed by atoms with Crippen LogP contribution in [0.25, 0.3) is 0 Å². The van der Waals surface area contributed by atoms with Crippen LogP contribution in [0.2, 0.25) is 0 Å². The second kappa shape index (κ2) is 9.00. The van der Waals surface area contributed by atoms with Gasteiger partial charge in [0, 0.05) is 4.88 Å². The average Bonchev–Trinajstić information content (AvgIpc) is 3.36. The Hall–Kier alpha value is -3.13. The van der Waals surface area contributed by atoms with Crippen LogP contribution in [0.5, 0.6) is 5.75 Å². The fourth-order valence-electron chi connectivity index (χ4n) is 2.10. The molecule has 0 atom stereocenters. The number of carbonyl (C=O) groups is 2. The van der Waals surface area contributed by atoms with Gasteiger partial charge < -0.3 is 19.2 Å². The quantitative estimate of drug-likeness (QED) is 0.597. The van der Waals surface area contributed by atoms with Crippen LogP contribution in [0.15, 0.2) is 58.3 Å². The van der Waals surface area contributed by atoms with Crippen molar-refractivity contribution in [3.63, 3.8) is 0 Å². The number of rotatable bonds is 8. The van der Waals surface area contributed by atoms with Crippen LogP contribution in [0.4, 0.5) is 4.39 Å². The number of amides is 1. The van der Waals surface area contributed by atoms with E-state index in [9.17, 15) is 14.0 Å². The first kappa shape index (κ1) is 18.7. The Kier molecular flexibility index (Phi) is 6.22. The second-order valence-corrected chi connectivity index (χ2v) is 6.47. The van der Waals surface area contributed by atoms with E-state index in [1.165, 1.54) is 41.7 Å². The third-order valence-electron chi connectivity index (χ3n) is 3.43. The highest BCUT2D eigenvalue weighted by atomic mass is 32.1. The lowest BCUT2D eigenvalue weighted by molar-refractivity contribution is -0.124. The monoisotopic (exact) mass is 389 g/mol. The van der Waals surface area contributed by atoms with E-state index in [1.54, 1.807) is 6.07 Å². The molecule has 0 spiro atoms. The number of halogens is 1. The zero-order valence-electron chi connectivity index (χ0n) is 14.1. The van der Waals surface area contributed by atoms with Crippen LogP contribution in [-0.4, -0.2) is 18.5 Å².